The minimum Gasteiger partial charge on any atom is -0.468 e. The summed E-state index contributed by atoms with van der Waals surface area (Å²) in [5.74, 6) is -1.30. The molecule has 0 saturated heterocycles. The molecule has 3 aromatic rings. The van der Waals surface area contributed by atoms with Crippen LogP contribution in [-0.4, -0.2) is 36.9 Å². The Kier molecular flexibility index (Phi) is 5.78. The maximum Gasteiger partial charge on any atom is 0.325 e. The van der Waals surface area contributed by atoms with E-state index in [1.807, 2.05) is 0 Å². The number of nitrogens with two attached hydrogens (primary N) is 1. The molecule has 0 saturated carbocycles. The Bertz CT molecular complexity index is 1340. The molecule has 156 valence electrons. The van der Waals surface area contributed by atoms with E-state index in [4.69, 9.17) is 5.14 Å². The molecule has 0 unspecified atom stereocenters. The molecule has 0 fully saturated rings. The number of benzene rings is 2. The molecule has 3 rings (SSSR count). The fourth-order valence-electron chi connectivity index (χ4n) is 2.54. The Labute approximate surface area is 173 Å². The molecule has 2 N–H and O–H groups in total. The minimum atomic E-state index is -3.95. The Morgan fingerprint density at radius 3 is 2.47 bits per heavy atom. The number of esters is 1. The highest BCUT2D eigenvalue weighted by molar-refractivity contribution is 7.89. The lowest BCUT2D eigenvalue weighted by molar-refractivity contribution is -0.384. The third kappa shape index (κ3) is 4.42. The number of nitro groups is 1. The number of aromatic nitrogens is 1. The highest BCUT2D eigenvalue weighted by Gasteiger charge is 2.16. The number of hydrogen-bond donors (Lipinski definition) is 1. The average molecular weight is 450 g/mol. The molecule has 0 spiro atoms. The van der Waals surface area contributed by atoms with Crippen molar-refractivity contribution in [3.05, 3.63) is 62.9 Å². The van der Waals surface area contributed by atoms with Crippen molar-refractivity contribution < 1.29 is 27.7 Å². The maximum atomic E-state index is 12.5. The third-order valence-electron chi connectivity index (χ3n) is 4.02. The Morgan fingerprint density at radius 2 is 1.90 bits per heavy atom. The molecule has 1 heterocycles. The fourth-order valence-corrected chi connectivity index (χ4v) is 4.22. The molecule has 2 aromatic carbocycles. The second-order valence-electron chi connectivity index (χ2n) is 5.94. The standard InChI is InChI=1S/C17H14N4O7S2/c1-28-15(22)9-20-13-7-6-12(30(18,26)27)8-14(13)29-17(20)19-16(23)10-2-4-11(5-3-10)21(24)25/h2-8H,9H2,1H3,(H2,18,26,27). The zero-order chi connectivity index (χ0) is 22.1. The third-order valence-corrected chi connectivity index (χ3v) is 5.97. The van der Waals surface area contributed by atoms with Crippen molar-refractivity contribution >= 4 is 49.1 Å². The van der Waals surface area contributed by atoms with Crippen molar-refractivity contribution in [2.75, 3.05) is 7.11 Å². The van der Waals surface area contributed by atoms with E-state index >= 15 is 0 Å². The zero-order valence-electron chi connectivity index (χ0n) is 15.3. The first-order chi connectivity index (χ1) is 14.1. The van der Waals surface area contributed by atoms with Crippen LogP contribution in [0, 0.1) is 10.1 Å². The van der Waals surface area contributed by atoms with Crippen LogP contribution in [-0.2, 0) is 26.1 Å². The van der Waals surface area contributed by atoms with Crippen LogP contribution in [0.5, 0.6) is 0 Å². The number of sulfonamides is 1. The SMILES string of the molecule is COC(=O)Cn1c(=NC(=O)c2ccc([N+](=O)[O-])cc2)sc2cc(S(N)(=O)=O)ccc21. The van der Waals surface area contributed by atoms with Crippen molar-refractivity contribution in [2.24, 2.45) is 10.1 Å². The summed E-state index contributed by atoms with van der Waals surface area (Å²) < 4.78 is 29.7. The van der Waals surface area contributed by atoms with Crippen LogP contribution < -0.4 is 9.94 Å². The second-order valence-corrected chi connectivity index (χ2v) is 8.51. The number of primary sulfonamides is 1. The summed E-state index contributed by atoms with van der Waals surface area (Å²) in [7, 11) is -2.75. The van der Waals surface area contributed by atoms with Gasteiger partial charge in [-0.3, -0.25) is 19.7 Å². The van der Waals surface area contributed by atoms with Gasteiger partial charge in [0.1, 0.15) is 6.54 Å². The molecule has 0 bridgehead atoms. The van der Waals surface area contributed by atoms with Gasteiger partial charge in [0, 0.05) is 17.7 Å². The number of thiazole rings is 1. The second kappa shape index (κ2) is 8.14. The van der Waals surface area contributed by atoms with Gasteiger partial charge in [-0.15, -0.1) is 0 Å². The molecular weight excluding hydrogens is 436 g/mol. The van der Waals surface area contributed by atoms with Crippen LogP contribution in [0.2, 0.25) is 0 Å². The molecular formula is C17H14N4O7S2. The van der Waals surface area contributed by atoms with E-state index in [1.54, 1.807) is 0 Å². The number of nitrogens with zero attached hydrogens (tertiary/aromatic N) is 3. The van der Waals surface area contributed by atoms with Gasteiger partial charge in [0.2, 0.25) is 10.0 Å². The maximum absolute atomic E-state index is 12.5. The summed E-state index contributed by atoms with van der Waals surface area (Å²) in [6, 6.07) is 8.92. The van der Waals surface area contributed by atoms with Crippen molar-refractivity contribution in [3.8, 4) is 0 Å². The van der Waals surface area contributed by atoms with E-state index in [9.17, 15) is 28.1 Å². The van der Waals surface area contributed by atoms with Gasteiger partial charge >= 0.3 is 5.97 Å². The molecule has 0 aliphatic rings. The molecule has 11 nitrogen and oxygen atoms in total. The largest absolute Gasteiger partial charge is 0.468 e. The number of hydrogen-bond acceptors (Lipinski definition) is 8. The molecule has 0 aliphatic heterocycles. The van der Waals surface area contributed by atoms with Crippen LogP contribution in [0.4, 0.5) is 5.69 Å². The molecule has 1 aromatic heterocycles. The van der Waals surface area contributed by atoms with Gasteiger partial charge in [-0.05, 0) is 30.3 Å². The smallest absolute Gasteiger partial charge is 0.325 e. The summed E-state index contributed by atoms with van der Waals surface area (Å²) in [5, 5.41) is 15.9. The predicted molar refractivity (Wildman–Crippen MR) is 106 cm³/mol. The van der Waals surface area contributed by atoms with Crippen LogP contribution in [0.25, 0.3) is 10.2 Å². The van der Waals surface area contributed by atoms with Gasteiger partial charge in [0.05, 0.1) is 27.1 Å². The van der Waals surface area contributed by atoms with E-state index in [0.717, 1.165) is 11.3 Å². The lowest BCUT2D eigenvalue weighted by atomic mass is 10.2. The van der Waals surface area contributed by atoms with Crippen molar-refractivity contribution in [3.63, 3.8) is 0 Å². The van der Waals surface area contributed by atoms with Gasteiger partial charge in [-0.2, -0.15) is 4.99 Å². The van der Waals surface area contributed by atoms with E-state index in [-0.39, 0.29) is 27.5 Å². The van der Waals surface area contributed by atoms with Crippen molar-refractivity contribution in [1.82, 2.24) is 4.57 Å². The summed E-state index contributed by atoms with van der Waals surface area (Å²) in [5.41, 5.74) is 0.380. The van der Waals surface area contributed by atoms with Gasteiger partial charge in [0.25, 0.3) is 11.6 Å². The van der Waals surface area contributed by atoms with Gasteiger partial charge in [-0.25, -0.2) is 13.6 Å². The topological polar surface area (TPSA) is 164 Å². The fraction of sp³-hybridized carbons (Fsp3) is 0.118. The zero-order valence-corrected chi connectivity index (χ0v) is 17.0. The summed E-state index contributed by atoms with van der Waals surface area (Å²) in [6.07, 6.45) is 0. The molecule has 1 amide bonds. The number of rotatable bonds is 5. The van der Waals surface area contributed by atoms with Gasteiger partial charge < -0.3 is 9.30 Å². The van der Waals surface area contributed by atoms with Gasteiger partial charge in [-0.1, -0.05) is 11.3 Å². The van der Waals surface area contributed by atoms with Crippen molar-refractivity contribution in [2.45, 2.75) is 11.4 Å². The number of carbonyl (C=O) groups is 2. The van der Waals surface area contributed by atoms with Crippen LogP contribution in [0.1, 0.15) is 10.4 Å². The lowest BCUT2D eigenvalue weighted by Gasteiger charge is -2.04. The normalized spacial score (nSPS) is 12.1. The number of fused-ring (bicyclic) bond motifs is 1. The first kappa shape index (κ1) is 21.3. The van der Waals surface area contributed by atoms with Gasteiger partial charge in [0.15, 0.2) is 4.80 Å². The van der Waals surface area contributed by atoms with E-state index in [2.05, 4.69) is 9.73 Å². The quantitative estimate of drug-likeness (QED) is 0.346. The molecule has 30 heavy (non-hydrogen) atoms. The molecule has 0 aliphatic carbocycles. The first-order valence-corrected chi connectivity index (χ1v) is 10.5. The van der Waals surface area contributed by atoms with Crippen LogP contribution in [0.15, 0.2) is 52.4 Å². The van der Waals surface area contributed by atoms with E-state index < -0.39 is 26.8 Å². The number of amides is 1. The van der Waals surface area contributed by atoms with Crippen LogP contribution >= 0.6 is 11.3 Å². The Hall–Kier alpha value is -3.42. The average Bonchev–Trinajstić information content (AvgIpc) is 3.03. The molecule has 0 radical (unpaired) electrons. The Balaban J connectivity index is 2.14. The number of non-ortho nitro benzene ring substituents is 1. The Morgan fingerprint density at radius 1 is 1.23 bits per heavy atom. The predicted octanol–water partition coefficient (Wildman–Crippen LogP) is 1.17. The number of nitro benzene ring substituents is 1. The molecule has 0 atom stereocenters. The van der Waals surface area contributed by atoms with E-state index in [0.29, 0.717) is 10.2 Å². The monoisotopic (exact) mass is 450 g/mol. The minimum absolute atomic E-state index is 0.105. The number of methoxy groups -OCH3 is 1. The van der Waals surface area contributed by atoms with E-state index in [1.165, 1.54) is 54.1 Å². The first-order valence-electron chi connectivity index (χ1n) is 8.16. The highest BCUT2D eigenvalue weighted by atomic mass is 32.2. The van der Waals surface area contributed by atoms with Crippen LogP contribution in [0.3, 0.4) is 0 Å². The number of ether oxygens (including phenoxy) is 1. The lowest BCUT2D eigenvalue weighted by Crippen LogP contribution is -2.22. The highest BCUT2D eigenvalue weighted by Crippen LogP contribution is 2.21. The number of carbonyl (C=O) groups excluding carboxylic acids is 2. The van der Waals surface area contributed by atoms with Crippen molar-refractivity contribution in [1.29, 1.82) is 0 Å². The summed E-state index contributed by atoms with van der Waals surface area (Å²) in [4.78, 5) is 38.5. The summed E-state index contributed by atoms with van der Waals surface area (Å²) >= 11 is 0.977. The molecule has 13 heteroatoms. The summed E-state index contributed by atoms with van der Waals surface area (Å²) in [6.45, 7) is -0.266.